The van der Waals surface area contributed by atoms with Gasteiger partial charge < -0.3 is 30.0 Å². The molecule has 0 fully saturated rings. The number of hydrazone groups is 1. The fourth-order valence-electron chi connectivity index (χ4n) is 3.56. The average molecular weight is 548 g/mol. The maximum atomic E-state index is 12.4. The number of nitrogens with zero attached hydrogens (tertiary/aromatic N) is 2. The van der Waals surface area contributed by atoms with Crippen molar-refractivity contribution in [3.63, 3.8) is 0 Å². The summed E-state index contributed by atoms with van der Waals surface area (Å²) in [7, 11) is 1.25. The first-order valence-electron chi connectivity index (χ1n) is 11.3. The SMILES string of the molecule is CCOc1cc([C@@H]2NC(=O)NC(C)=C2C(=O)OC)ccc1OC[C@@H](O)N/N=C\c1cc([N+](=O)[O-])ccc1Cl. The van der Waals surface area contributed by atoms with E-state index in [0.717, 1.165) is 0 Å². The van der Waals surface area contributed by atoms with Crippen LogP contribution in [-0.4, -0.2) is 54.8 Å². The zero-order valence-electron chi connectivity index (χ0n) is 20.7. The van der Waals surface area contributed by atoms with Crippen LogP contribution >= 0.6 is 11.6 Å². The second-order valence-electron chi connectivity index (χ2n) is 7.88. The van der Waals surface area contributed by atoms with Crippen molar-refractivity contribution < 1.29 is 33.8 Å². The van der Waals surface area contributed by atoms with Gasteiger partial charge in [-0.3, -0.25) is 15.5 Å². The number of hydrogen-bond donors (Lipinski definition) is 4. The predicted octanol–water partition coefficient (Wildman–Crippen LogP) is 2.77. The van der Waals surface area contributed by atoms with Crippen molar-refractivity contribution in [3.8, 4) is 11.5 Å². The van der Waals surface area contributed by atoms with Crippen molar-refractivity contribution in [1.29, 1.82) is 0 Å². The molecule has 1 heterocycles. The van der Waals surface area contributed by atoms with Crippen LogP contribution in [0, 0.1) is 10.1 Å². The van der Waals surface area contributed by atoms with Crippen LogP contribution < -0.4 is 25.5 Å². The third kappa shape index (κ3) is 6.89. The maximum Gasteiger partial charge on any atom is 0.337 e. The molecule has 0 aliphatic carbocycles. The molecular weight excluding hydrogens is 522 g/mol. The highest BCUT2D eigenvalue weighted by Crippen LogP contribution is 2.35. The van der Waals surface area contributed by atoms with Crippen LogP contribution in [-0.2, 0) is 9.53 Å². The first-order chi connectivity index (χ1) is 18.1. The van der Waals surface area contributed by atoms with Crippen molar-refractivity contribution in [3.05, 3.63) is 73.9 Å². The number of halogens is 1. The maximum absolute atomic E-state index is 12.4. The third-order valence-electron chi connectivity index (χ3n) is 5.29. The zero-order valence-corrected chi connectivity index (χ0v) is 21.4. The fourth-order valence-corrected chi connectivity index (χ4v) is 3.72. The second-order valence-corrected chi connectivity index (χ2v) is 8.29. The molecule has 202 valence electrons. The molecular formula is C24H26ClN5O8. The number of carbonyl (C=O) groups is 2. The van der Waals surface area contributed by atoms with Crippen LogP contribution in [0.1, 0.15) is 31.0 Å². The Bertz CT molecular complexity index is 1280. The van der Waals surface area contributed by atoms with Crippen LogP contribution in [0.4, 0.5) is 10.5 Å². The second kappa shape index (κ2) is 12.7. The molecule has 0 bridgehead atoms. The molecule has 14 heteroatoms. The highest BCUT2D eigenvalue weighted by Gasteiger charge is 2.32. The van der Waals surface area contributed by atoms with E-state index in [9.17, 15) is 24.8 Å². The lowest BCUT2D eigenvalue weighted by atomic mass is 9.95. The number of aliphatic hydroxyl groups excluding tert-OH is 1. The van der Waals surface area contributed by atoms with Crippen molar-refractivity contribution in [1.82, 2.24) is 16.1 Å². The van der Waals surface area contributed by atoms with Crippen molar-refractivity contribution in [2.45, 2.75) is 26.1 Å². The van der Waals surface area contributed by atoms with E-state index in [0.29, 0.717) is 29.4 Å². The number of amides is 2. The van der Waals surface area contributed by atoms with E-state index in [4.69, 9.17) is 25.8 Å². The normalized spacial score (nSPS) is 15.9. The first-order valence-corrected chi connectivity index (χ1v) is 11.7. The van der Waals surface area contributed by atoms with Crippen molar-refractivity contribution in [2.75, 3.05) is 20.3 Å². The molecule has 3 rings (SSSR count). The number of esters is 1. The Morgan fingerprint density at radius 1 is 1.29 bits per heavy atom. The molecule has 0 saturated carbocycles. The Balaban J connectivity index is 1.71. The van der Waals surface area contributed by atoms with Gasteiger partial charge in [0.25, 0.3) is 5.69 Å². The third-order valence-corrected chi connectivity index (χ3v) is 5.63. The number of benzene rings is 2. The van der Waals surface area contributed by atoms with E-state index in [1.165, 1.54) is 31.5 Å². The number of aliphatic hydroxyl groups is 1. The predicted molar refractivity (Wildman–Crippen MR) is 137 cm³/mol. The smallest absolute Gasteiger partial charge is 0.337 e. The minimum atomic E-state index is -1.25. The number of nitro groups is 1. The van der Waals surface area contributed by atoms with Crippen LogP contribution in [0.3, 0.4) is 0 Å². The molecule has 0 saturated heterocycles. The molecule has 0 aromatic heterocycles. The largest absolute Gasteiger partial charge is 0.490 e. The Morgan fingerprint density at radius 2 is 2.05 bits per heavy atom. The van der Waals surface area contributed by atoms with Gasteiger partial charge in [0.05, 0.1) is 36.5 Å². The Labute approximate surface area is 222 Å². The van der Waals surface area contributed by atoms with Gasteiger partial charge in [-0.15, -0.1) is 0 Å². The molecule has 2 aromatic rings. The molecule has 2 amide bonds. The number of methoxy groups -OCH3 is 1. The lowest BCUT2D eigenvalue weighted by molar-refractivity contribution is -0.384. The summed E-state index contributed by atoms with van der Waals surface area (Å²) in [6, 6.07) is 7.48. The van der Waals surface area contributed by atoms with Gasteiger partial charge in [0, 0.05) is 28.4 Å². The van der Waals surface area contributed by atoms with Gasteiger partial charge in [-0.2, -0.15) is 5.10 Å². The lowest BCUT2D eigenvalue weighted by Crippen LogP contribution is -2.45. The molecule has 0 unspecified atom stereocenters. The van der Waals surface area contributed by atoms with Gasteiger partial charge >= 0.3 is 12.0 Å². The Hall–Kier alpha value is -4.36. The quantitative estimate of drug-likeness (QED) is 0.108. The van der Waals surface area contributed by atoms with Gasteiger partial charge in [-0.1, -0.05) is 17.7 Å². The molecule has 2 aromatic carbocycles. The lowest BCUT2D eigenvalue weighted by Gasteiger charge is -2.28. The number of carbonyl (C=O) groups excluding carboxylic acids is 2. The number of allylic oxidation sites excluding steroid dienone is 1. The van der Waals surface area contributed by atoms with Gasteiger partial charge in [-0.05, 0) is 37.6 Å². The molecule has 1 aliphatic rings. The van der Waals surface area contributed by atoms with E-state index in [-0.39, 0.29) is 28.5 Å². The van der Waals surface area contributed by atoms with Crippen LogP contribution in [0.15, 0.2) is 52.8 Å². The highest BCUT2D eigenvalue weighted by atomic mass is 35.5. The minimum absolute atomic E-state index is 0.153. The number of nitrogens with one attached hydrogen (secondary N) is 3. The standard InChI is InChI=1S/C24H26ClN5O8/c1-4-37-19-10-14(22-21(23(32)36-3)13(2)27-24(33)28-22)5-8-18(19)38-12-20(31)29-26-11-15-9-16(30(34)35)6-7-17(15)25/h5-11,20,22,29,31H,4,12H2,1-3H3,(H2,27,28,33)/b26-11-/t20-,22+/m1/s1. The van der Waals surface area contributed by atoms with E-state index in [1.807, 2.05) is 0 Å². The summed E-state index contributed by atoms with van der Waals surface area (Å²) in [5, 5.41) is 30.5. The Kier molecular flexibility index (Phi) is 9.46. The molecule has 38 heavy (non-hydrogen) atoms. The zero-order chi connectivity index (χ0) is 27.8. The number of hydrogen-bond acceptors (Lipinski definition) is 10. The molecule has 1 aliphatic heterocycles. The van der Waals surface area contributed by atoms with Gasteiger partial charge in [0.1, 0.15) is 6.61 Å². The molecule has 2 atom stereocenters. The van der Waals surface area contributed by atoms with E-state index < -0.39 is 29.2 Å². The van der Waals surface area contributed by atoms with E-state index >= 15 is 0 Å². The molecule has 0 radical (unpaired) electrons. The highest BCUT2D eigenvalue weighted by molar-refractivity contribution is 6.33. The van der Waals surface area contributed by atoms with Gasteiger partial charge in [0.15, 0.2) is 17.7 Å². The molecule has 0 spiro atoms. The minimum Gasteiger partial charge on any atom is -0.490 e. The van der Waals surface area contributed by atoms with Crippen molar-refractivity contribution >= 4 is 35.5 Å². The fraction of sp³-hybridized carbons (Fsp3) is 0.292. The van der Waals surface area contributed by atoms with Crippen LogP contribution in [0.25, 0.3) is 0 Å². The number of nitro benzene ring substituents is 1. The average Bonchev–Trinajstić information content (AvgIpc) is 2.88. The number of urea groups is 1. The van der Waals surface area contributed by atoms with Crippen LogP contribution in [0.2, 0.25) is 5.02 Å². The Morgan fingerprint density at radius 3 is 2.74 bits per heavy atom. The van der Waals surface area contributed by atoms with Crippen LogP contribution in [0.5, 0.6) is 11.5 Å². The summed E-state index contributed by atoms with van der Waals surface area (Å²) < 4.78 is 16.2. The summed E-state index contributed by atoms with van der Waals surface area (Å²) in [6.45, 7) is 3.43. The molecule has 13 nitrogen and oxygen atoms in total. The van der Waals surface area contributed by atoms with E-state index in [1.54, 1.807) is 32.0 Å². The van der Waals surface area contributed by atoms with Gasteiger partial charge in [0.2, 0.25) is 0 Å². The number of ether oxygens (including phenoxy) is 3. The summed E-state index contributed by atoms with van der Waals surface area (Å²) in [6.07, 6.45) is -0.0150. The van der Waals surface area contributed by atoms with Gasteiger partial charge in [-0.25, -0.2) is 9.59 Å². The topological polar surface area (TPSA) is 174 Å². The number of non-ortho nitro benzene ring substituents is 1. The monoisotopic (exact) mass is 547 g/mol. The first kappa shape index (κ1) is 28.2. The van der Waals surface area contributed by atoms with E-state index in [2.05, 4.69) is 21.2 Å². The summed E-state index contributed by atoms with van der Waals surface area (Å²) in [4.78, 5) is 34.8. The summed E-state index contributed by atoms with van der Waals surface area (Å²) in [5.74, 6) is 0.0147. The number of rotatable bonds is 11. The summed E-state index contributed by atoms with van der Waals surface area (Å²) >= 11 is 6.03. The summed E-state index contributed by atoms with van der Waals surface area (Å²) in [5.41, 5.74) is 3.74. The van der Waals surface area contributed by atoms with Crippen molar-refractivity contribution in [2.24, 2.45) is 5.10 Å². The molecule has 4 N–H and O–H groups in total.